The average molecular weight is 854 g/mol. The number of rotatable bonds is 4. The molecule has 8 rings (SSSR count). The van der Waals surface area contributed by atoms with Crippen molar-refractivity contribution in [2.75, 3.05) is 0 Å². The van der Waals surface area contributed by atoms with E-state index in [0.29, 0.717) is 22.4 Å². The maximum atomic E-state index is 8.74. The van der Waals surface area contributed by atoms with E-state index in [9.17, 15) is 0 Å². The van der Waals surface area contributed by atoms with Gasteiger partial charge < -0.3 is 14.4 Å². The van der Waals surface area contributed by atoms with Crippen LogP contribution in [0.15, 0.2) is 120 Å². The Labute approximate surface area is 320 Å². The largest absolute Gasteiger partial charge is 0.501 e. The van der Waals surface area contributed by atoms with Gasteiger partial charge in [-0.1, -0.05) is 118 Å². The maximum absolute atomic E-state index is 8.74. The summed E-state index contributed by atoms with van der Waals surface area (Å²) in [7, 11) is -1.29. The van der Waals surface area contributed by atoms with Gasteiger partial charge in [-0.05, 0) is 68.7 Å². The summed E-state index contributed by atoms with van der Waals surface area (Å²) in [5.74, 6) is 0. The fourth-order valence-electron chi connectivity index (χ4n) is 5.92. The Morgan fingerprint density at radius 1 is 0.840 bits per heavy atom. The fourth-order valence-corrected chi connectivity index (χ4v) is 6.97. The summed E-state index contributed by atoms with van der Waals surface area (Å²) in [6.07, 6.45) is 1.50. The summed E-state index contributed by atoms with van der Waals surface area (Å²) in [5, 5.41) is 6.77. The third-order valence-corrected chi connectivity index (χ3v) is 10.4. The third-order valence-electron chi connectivity index (χ3n) is 8.38. The number of furan rings is 1. The topological polar surface area (TPSA) is 38.9 Å². The van der Waals surface area contributed by atoms with Crippen molar-refractivity contribution in [1.29, 1.82) is 0 Å². The van der Waals surface area contributed by atoms with Gasteiger partial charge in [0.25, 0.3) is 0 Å². The first-order valence-electron chi connectivity index (χ1n) is 19.9. The average Bonchev–Trinajstić information content (AvgIpc) is 3.52. The predicted octanol–water partition coefficient (Wildman–Crippen LogP) is 11.7. The molecule has 0 N–H and O–H groups in total. The van der Waals surface area contributed by atoms with Gasteiger partial charge in [-0.15, -0.1) is 53.2 Å². The van der Waals surface area contributed by atoms with Crippen molar-refractivity contribution in [2.45, 2.75) is 53.6 Å². The third kappa shape index (κ3) is 7.37. The van der Waals surface area contributed by atoms with Crippen LogP contribution in [0, 0.1) is 24.4 Å². The van der Waals surface area contributed by atoms with Crippen molar-refractivity contribution in [3.63, 3.8) is 0 Å². The Kier molecular flexibility index (Phi) is 7.69. The smallest absolute Gasteiger partial charge is 0.120 e. The monoisotopic (exact) mass is 854 g/mol. The molecule has 0 saturated heterocycles. The molecule has 8 aromatic rings. The summed E-state index contributed by atoms with van der Waals surface area (Å²) in [4.78, 5) is 9.12. The molecule has 0 spiro atoms. The van der Waals surface area contributed by atoms with E-state index in [1.165, 1.54) is 34.3 Å². The van der Waals surface area contributed by atoms with Gasteiger partial charge in [0.15, 0.2) is 0 Å². The second-order valence-electron chi connectivity index (χ2n) is 14.3. The van der Waals surface area contributed by atoms with Gasteiger partial charge in [-0.25, -0.2) is 0 Å². The van der Waals surface area contributed by atoms with Gasteiger partial charge in [0, 0.05) is 44.7 Å². The SMILES string of the molecule is C[Si](C)(C)c1cnc2c(ccc3ccc[c-]c32)c1.[2H]c1cc(C([2H])([2H])C(C)(C)C)cc([2H])c1-c1cc(-c2[c-]ccc3c2oc2ccccc23)ncc1C([2H])([2H])[2H].[Ir]. The van der Waals surface area contributed by atoms with Crippen LogP contribution in [0.2, 0.25) is 19.6 Å². The zero-order valence-corrected chi connectivity index (χ0v) is 32.3. The molecule has 1 radical (unpaired) electrons. The van der Waals surface area contributed by atoms with Gasteiger partial charge in [0.1, 0.15) is 5.58 Å². The van der Waals surface area contributed by atoms with Crippen LogP contribution in [0.4, 0.5) is 0 Å². The molecule has 5 heteroatoms. The van der Waals surface area contributed by atoms with Crippen LogP contribution < -0.4 is 5.19 Å². The van der Waals surface area contributed by atoms with E-state index < -0.39 is 26.7 Å². The van der Waals surface area contributed by atoms with Crippen molar-refractivity contribution in [3.8, 4) is 22.4 Å². The first-order valence-corrected chi connectivity index (χ1v) is 19.9. The molecule has 0 fully saturated rings. The molecule has 3 aromatic heterocycles. The Bertz CT molecular complexity index is 2760. The molecule has 0 aliphatic heterocycles. The van der Waals surface area contributed by atoms with Crippen LogP contribution in [0.3, 0.4) is 0 Å². The number of nitrogens with zero attached hydrogens (tertiary/aromatic N) is 2. The minimum absolute atomic E-state index is 0. The molecule has 3 heterocycles. The van der Waals surface area contributed by atoms with Gasteiger partial charge in [-0.2, -0.15) is 0 Å². The van der Waals surface area contributed by atoms with E-state index in [2.05, 4.69) is 72.2 Å². The normalized spacial score (nSPS) is 14.4. The van der Waals surface area contributed by atoms with Crippen LogP contribution in [0.5, 0.6) is 0 Å². The van der Waals surface area contributed by atoms with Crippen LogP contribution in [-0.2, 0) is 26.5 Å². The van der Waals surface area contributed by atoms with Gasteiger partial charge in [0.2, 0.25) is 0 Å². The molecule has 0 amide bonds. The minimum Gasteiger partial charge on any atom is -0.501 e. The fraction of sp³-hybridized carbons (Fsp3) is 0.200. The van der Waals surface area contributed by atoms with Crippen LogP contribution in [0.25, 0.3) is 66.0 Å². The minimum atomic E-state index is -2.55. The molecule has 0 aliphatic carbocycles. The van der Waals surface area contributed by atoms with E-state index in [-0.39, 0.29) is 54.4 Å². The van der Waals surface area contributed by atoms with Crippen molar-refractivity contribution in [3.05, 3.63) is 139 Å². The first kappa shape index (κ1) is 27.3. The molecule has 0 aliphatic rings. The molecule has 0 saturated carbocycles. The number of aromatic nitrogens is 2. The van der Waals surface area contributed by atoms with Crippen LogP contribution >= 0.6 is 0 Å². The standard InChI is InChI=1S/C29H26NO.C16H16NSi.Ir/c1-19-18-30-26(16-25(19)21-14-12-20(13-15-21)17-29(2,3)4)24-10-7-9-23-22-8-5-6-11-27(22)31-28(23)24;1-18(2,3)14-10-13-9-8-12-6-4-5-7-15(12)16(13)17-11-14;/h5-9,11-16,18H,17H2,1-4H3;4-6,8-11H,1-3H3;/q2*-1;/i1D3,14D,15D,17D2;;. The Morgan fingerprint density at radius 2 is 1.62 bits per heavy atom. The first-order chi connectivity index (χ1) is 26.3. The van der Waals surface area contributed by atoms with Crippen molar-refractivity contribution < 1.29 is 34.1 Å². The summed E-state index contributed by atoms with van der Waals surface area (Å²) in [6, 6.07) is 34.5. The number of aryl methyl sites for hydroxylation is 1. The molecule has 0 bridgehead atoms. The van der Waals surface area contributed by atoms with E-state index in [4.69, 9.17) is 14.0 Å². The zero-order chi connectivity index (χ0) is 40.4. The second-order valence-corrected chi connectivity index (χ2v) is 19.4. The predicted molar refractivity (Wildman–Crippen MR) is 210 cm³/mol. The molecule has 50 heavy (non-hydrogen) atoms. The van der Waals surface area contributed by atoms with E-state index in [0.717, 1.165) is 21.7 Å². The summed E-state index contributed by atoms with van der Waals surface area (Å²) in [6.45, 7) is 9.77. The molecule has 253 valence electrons. The number of pyridine rings is 2. The number of benzene rings is 5. The van der Waals surface area contributed by atoms with E-state index >= 15 is 0 Å². The van der Waals surface area contributed by atoms with Gasteiger partial charge >= 0.3 is 0 Å². The number of hydrogen-bond acceptors (Lipinski definition) is 3. The van der Waals surface area contributed by atoms with E-state index in [1.807, 2.05) is 42.5 Å². The van der Waals surface area contributed by atoms with Crippen molar-refractivity contribution in [1.82, 2.24) is 9.97 Å². The van der Waals surface area contributed by atoms with Gasteiger partial charge in [-0.3, -0.25) is 0 Å². The summed E-state index contributed by atoms with van der Waals surface area (Å²) >= 11 is 0. The number of fused-ring (bicyclic) bond motifs is 6. The Balaban J connectivity index is 0.000000241. The summed E-state index contributed by atoms with van der Waals surface area (Å²) < 4.78 is 65.0. The number of hydrogen-bond donors (Lipinski definition) is 0. The van der Waals surface area contributed by atoms with Crippen LogP contribution in [-0.4, -0.2) is 18.0 Å². The Hall–Kier alpha value is -4.41. The Morgan fingerprint density at radius 3 is 2.38 bits per heavy atom. The van der Waals surface area contributed by atoms with Crippen molar-refractivity contribution in [2.24, 2.45) is 5.41 Å². The summed E-state index contributed by atoms with van der Waals surface area (Å²) in [5.41, 5.74) is 2.87. The van der Waals surface area contributed by atoms with E-state index in [1.54, 1.807) is 32.9 Å². The quantitative estimate of drug-likeness (QED) is 0.101. The second kappa shape index (κ2) is 14.1. The molecular weight excluding hydrogens is 805 g/mol. The zero-order valence-electron chi connectivity index (χ0n) is 36.0. The van der Waals surface area contributed by atoms with Crippen LogP contribution in [0.1, 0.15) is 41.5 Å². The molecule has 3 nitrogen and oxygen atoms in total. The van der Waals surface area contributed by atoms with Gasteiger partial charge in [0.05, 0.1) is 16.4 Å². The molecule has 0 atom stereocenters. The maximum Gasteiger partial charge on any atom is 0.120 e. The molecule has 5 aromatic carbocycles. The van der Waals surface area contributed by atoms with Crippen molar-refractivity contribution >= 4 is 56.9 Å². The number of para-hydroxylation sites is 1. The molecule has 0 unspecified atom stereocenters. The molecular formula is C45H42IrN2OSi-2.